The summed E-state index contributed by atoms with van der Waals surface area (Å²) in [5.41, 5.74) is 0.885. The zero-order chi connectivity index (χ0) is 22.6. The van der Waals surface area contributed by atoms with Gasteiger partial charge in [-0.1, -0.05) is 36.1 Å². The number of carbonyl (C=O) groups is 1. The zero-order valence-corrected chi connectivity index (χ0v) is 17.1. The summed E-state index contributed by atoms with van der Waals surface area (Å²) in [6.07, 6.45) is -3.13. The lowest BCUT2D eigenvalue weighted by Crippen LogP contribution is -2.46. The summed E-state index contributed by atoms with van der Waals surface area (Å²) in [4.78, 5) is 18.4. The lowest BCUT2D eigenvalue weighted by Gasteiger charge is -2.28. The predicted molar refractivity (Wildman–Crippen MR) is 116 cm³/mol. The van der Waals surface area contributed by atoms with E-state index in [-0.39, 0.29) is 11.1 Å². The summed E-state index contributed by atoms with van der Waals surface area (Å²) in [5.74, 6) is 5.40. The van der Waals surface area contributed by atoms with Gasteiger partial charge in [-0.2, -0.15) is 13.2 Å². The smallest absolute Gasteiger partial charge is 0.336 e. The maximum Gasteiger partial charge on any atom is 0.417 e. The van der Waals surface area contributed by atoms with Gasteiger partial charge in [-0.25, -0.2) is 0 Å². The van der Waals surface area contributed by atoms with Crippen molar-refractivity contribution in [3.05, 3.63) is 89.1 Å². The fraction of sp³-hybridized carbons (Fsp3) is 0.200. The molecule has 32 heavy (non-hydrogen) atoms. The molecule has 1 amide bonds. The Balaban J connectivity index is 1.61. The molecule has 2 aromatic carbocycles. The Kier molecular flexibility index (Phi) is 6.24. The molecule has 0 saturated carbocycles. The average molecular weight is 435 g/mol. The van der Waals surface area contributed by atoms with E-state index in [9.17, 15) is 18.0 Å². The number of benzene rings is 2. The quantitative estimate of drug-likeness (QED) is 0.614. The van der Waals surface area contributed by atoms with Gasteiger partial charge in [0.2, 0.25) is 0 Å². The van der Waals surface area contributed by atoms with Crippen molar-refractivity contribution in [2.24, 2.45) is 0 Å². The van der Waals surface area contributed by atoms with Crippen LogP contribution in [0.3, 0.4) is 0 Å². The molecule has 0 bridgehead atoms. The molecule has 4 nitrogen and oxygen atoms in total. The first-order chi connectivity index (χ1) is 15.4. The molecule has 1 aliphatic heterocycles. The SMILES string of the molecule is O=C(c1ccc(-c2ccc(C#Cc3ccccc3)cn2)cc1C(F)(F)F)N1CCNCC1. The van der Waals surface area contributed by atoms with Crippen molar-refractivity contribution in [3.8, 4) is 23.1 Å². The molecular formula is C25H20F3N3O. The van der Waals surface area contributed by atoms with Crippen molar-refractivity contribution in [3.63, 3.8) is 0 Å². The van der Waals surface area contributed by atoms with E-state index in [2.05, 4.69) is 22.1 Å². The van der Waals surface area contributed by atoms with E-state index in [1.807, 2.05) is 30.3 Å². The van der Waals surface area contributed by atoms with Crippen molar-refractivity contribution < 1.29 is 18.0 Å². The van der Waals surface area contributed by atoms with Gasteiger partial charge in [0, 0.05) is 49.1 Å². The van der Waals surface area contributed by atoms with Gasteiger partial charge in [-0.05, 0) is 36.4 Å². The Bertz CT molecular complexity index is 1160. The van der Waals surface area contributed by atoms with E-state index in [0.29, 0.717) is 37.4 Å². The number of pyridine rings is 1. The number of amides is 1. The van der Waals surface area contributed by atoms with Crippen LogP contribution in [0.25, 0.3) is 11.3 Å². The van der Waals surface area contributed by atoms with E-state index < -0.39 is 17.6 Å². The minimum absolute atomic E-state index is 0.289. The molecule has 1 aliphatic rings. The molecule has 7 heteroatoms. The minimum atomic E-state index is -4.66. The molecule has 0 spiro atoms. The van der Waals surface area contributed by atoms with Crippen LogP contribution in [0.1, 0.15) is 27.0 Å². The Morgan fingerprint density at radius 2 is 1.66 bits per heavy atom. The summed E-state index contributed by atoms with van der Waals surface area (Å²) in [6.45, 7) is 1.89. The highest BCUT2D eigenvalue weighted by atomic mass is 19.4. The topological polar surface area (TPSA) is 45.2 Å². The average Bonchev–Trinajstić information content (AvgIpc) is 2.83. The molecule has 1 fully saturated rings. The maximum absolute atomic E-state index is 13.8. The number of rotatable bonds is 2. The van der Waals surface area contributed by atoms with Crippen LogP contribution in [0.4, 0.5) is 13.2 Å². The van der Waals surface area contributed by atoms with Crippen LogP contribution in [0.2, 0.25) is 0 Å². The minimum Gasteiger partial charge on any atom is -0.336 e. The molecule has 2 heterocycles. The first-order valence-electron chi connectivity index (χ1n) is 10.2. The number of hydrogen-bond donors (Lipinski definition) is 1. The molecule has 1 saturated heterocycles. The number of carbonyl (C=O) groups excluding carboxylic acids is 1. The number of nitrogens with zero attached hydrogens (tertiary/aromatic N) is 2. The Morgan fingerprint density at radius 1 is 0.938 bits per heavy atom. The third-order valence-corrected chi connectivity index (χ3v) is 5.14. The van der Waals surface area contributed by atoms with Gasteiger partial charge in [0.15, 0.2) is 0 Å². The van der Waals surface area contributed by atoms with Gasteiger partial charge in [-0.15, -0.1) is 0 Å². The summed E-state index contributed by atoms with van der Waals surface area (Å²) in [5, 5.41) is 3.09. The van der Waals surface area contributed by atoms with E-state index in [1.54, 1.807) is 12.1 Å². The highest BCUT2D eigenvalue weighted by molar-refractivity contribution is 5.96. The van der Waals surface area contributed by atoms with Crippen molar-refractivity contribution in [1.82, 2.24) is 15.2 Å². The van der Waals surface area contributed by atoms with Crippen LogP contribution in [0.15, 0.2) is 66.9 Å². The molecule has 0 unspecified atom stereocenters. The van der Waals surface area contributed by atoms with Crippen LogP contribution in [0.5, 0.6) is 0 Å². The van der Waals surface area contributed by atoms with Gasteiger partial charge in [0.1, 0.15) is 0 Å². The highest BCUT2D eigenvalue weighted by Gasteiger charge is 2.36. The Morgan fingerprint density at radius 3 is 2.31 bits per heavy atom. The van der Waals surface area contributed by atoms with Crippen LogP contribution < -0.4 is 5.32 Å². The van der Waals surface area contributed by atoms with Gasteiger partial charge in [0.25, 0.3) is 5.91 Å². The number of aromatic nitrogens is 1. The molecule has 1 aromatic heterocycles. The second-order valence-corrected chi connectivity index (χ2v) is 7.35. The van der Waals surface area contributed by atoms with Crippen LogP contribution in [-0.4, -0.2) is 42.0 Å². The molecule has 0 radical (unpaired) electrons. The summed E-state index contributed by atoms with van der Waals surface area (Å²) in [7, 11) is 0. The Hall–Kier alpha value is -3.63. The molecule has 0 atom stereocenters. The van der Waals surface area contributed by atoms with Crippen LogP contribution in [0, 0.1) is 11.8 Å². The molecule has 162 valence electrons. The second-order valence-electron chi connectivity index (χ2n) is 7.35. The van der Waals surface area contributed by atoms with Crippen LogP contribution >= 0.6 is 0 Å². The number of halogens is 3. The fourth-order valence-corrected chi connectivity index (χ4v) is 3.47. The third kappa shape index (κ3) is 4.98. The number of piperazine rings is 1. The summed E-state index contributed by atoms with van der Waals surface area (Å²) < 4.78 is 41.3. The van der Waals surface area contributed by atoms with Gasteiger partial charge in [0.05, 0.1) is 16.8 Å². The van der Waals surface area contributed by atoms with E-state index in [0.717, 1.165) is 11.6 Å². The first kappa shape index (κ1) is 21.6. The van der Waals surface area contributed by atoms with Crippen LogP contribution in [-0.2, 0) is 6.18 Å². The molecule has 3 aromatic rings. The first-order valence-corrected chi connectivity index (χ1v) is 10.2. The molecule has 0 aliphatic carbocycles. The van der Waals surface area contributed by atoms with Crippen molar-refractivity contribution >= 4 is 5.91 Å². The number of nitrogens with one attached hydrogen (secondary N) is 1. The van der Waals surface area contributed by atoms with Crippen molar-refractivity contribution in [2.75, 3.05) is 26.2 Å². The van der Waals surface area contributed by atoms with Gasteiger partial charge in [-0.3, -0.25) is 9.78 Å². The predicted octanol–water partition coefficient (Wildman–Crippen LogP) is 4.21. The lowest BCUT2D eigenvalue weighted by molar-refractivity contribution is -0.138. The van der Waals surface area contributed by atoms with Gasteiger partial charge < -0.3 is 10.2 Å². The van der Waals surface area contributed by atoms with Gasteiger partial charge >= 0.3 is 6.18 Å². The normalized spacial score (nSPS) is 13.9. The van der Waals surface area contributed by atoms with E-state index >= 15 is 0 Å². The number of hydrogen-bond acceptors (Lipinski definition) is 3. The Labute approximate surface area is 184 Å². The lowest BCUT2D eigenvalue weighted by atomic mass is 10.00. The molecule has 4 rings (SSSR count). The largest absolute Gasteiger partial charge is 0.417 e. The standard InChI is InChI=1S/C25H20F3N3O/c26-25(27,28)22-16-20(9-10-21(22)24(32)31-14-12-29-13-15-31)23-11-8-19(17-30-23)7-6-18-4-2-1-3-5-18/h1-5,8-11,16-17,29H,12-15H2. The van der Waals surface area contributed by atoms with E-state index in [1.165, 1.54) is 23.2 Å². The monoisotopic (exact) mass is 435 g/mol. The summed E-state index contributed by atoms with van der Waals surface area (Å²) >= 11 is 0. The van der Waals surface area contributed by atoms with E-state index in [4.69, 9.17) is 0 Å². The fourth-order valence-electron chi connectivity index (χ4n) is 3.47. The summed E-state index contributed by atoms with van der Waals surface area (Å²) in [6, 6.07) is 16.5. The van der Waals surface area contributed by atoms with Crippen molar-refractivity contribution in [1.29, 1.82) is 0 Å². The van der Waals surface area contributed by atoms with Crippen molar-refractivity contribution in [2.45, 2.75) is 6.18 Å². The highest BCUT2D eigenvalue weighted by Crippen LogP contribution is 2.35. The number of alkyl halides is 3. The molecule has 1 N–H and O–H groups in total. The third-order valence-electron chi connectivity index (χ3n) is 5.14. The maximum atomic E-state index is 13.8. The molecular weight excluding hydrogens is 415 g/mol. The zero-order valence-electron chi connectivity index (χ0n) is 17.1. The second kappa shape index (κ2) is 9.25.